The number of rotatable bonds is 3. The smallest absolute Gasteiger partial charge is 0.208 e. The van der Waals surface area contributed by atoms with E-state index in [1.165, 1.54) is 5.56 Å². The van der Waals surface area contributed by atoms with Gasteiger partial charge in [0.15, 0.2) is 0 Å². The van der Waals surface area contributed by atoms with Crippen molar-refractivity contribution in [3.8, 4) is 10.6 Å². The van der Waals surface area contributed by atoms with E-state index in [0.717, 1.165) is 32.5 Å². The van der Waals surface area contributed by atoms with Crippen molar-refractivity contribution in [1.29, 1.82) is 0 Å². The molecule has 5 heteroatoms. The lowest BCUT2D eigenvalue weighted by atomic mass is 10.2. The van der Waals surface area contributed by atoms with Crippen molar-refractivity contribution in [2.24, 2.45) is 12.0 Å². The normalized spacial score (nSPS) is 11.9. The molecule has 3 nitrogen and oxygen atoms in total. The van der Waals surface area contributed by atoms with E-state index in [-0.39, 0.29) is 0 Å². The van der Waals surface area contributed by atoms with Crippen LogP contribution in [0.25, 0.3) is 10.6 Å². The fraction of sp³-hybridized carbons (Fsp3) is 0.176. The molecule has 3 aromatic rings. The number of aryl methyl sites for hydroxylation is 2. The van der Waals surface area contributed by atoms with Crippen molar-refractivity contribution in [3.63, 3.8) is 0 Å². The minimum atomic E-state index is 0.727. The van der Waals surface area contributed by atoms with E-state index in [0.29, 0.717) is 0 Å². The second kappa shape index (κ2) is 6.46. The highest BCUT2D eigenvalue weighted by Crippen LogP contribution is 2.22. The molecule has 0 radical (unpaired) electrons. The Hall–Kier alpha value is -1.91. The Labute approximate surface area is 138 Å². The van der Waals surface area contributed by atoms with Gasteiger partial charge in [0.1, 0.15) is 5.01 Å². The maximum absolute atomic E-state index is 5.93. The first-order valence-electron chi connectivity index (χ1n) is 7.09. The molecule has 0 atom stereocenters. The van der Waals surface area contributed by atoms with Crippen LogP contribution < -0.4 is 4.80 Å². The largest absolute Gasteiger partial charge is 0.241 e. The van der Waals surface area contributed by atoms with Gasteiger partial charge in [-0.25, -0.2) is 9.67 Å². The zero-order valence-electron chi connectivity index (χ0n) is 12.5. The maximum Gasteiger partial charge on any atom is 0.208 e. The molecule has 0 aliphatic rings. The number of hydrogen-bond donors (Lipinski definition) is 0. The van der Waals surface area contributed by atoms with Crippen LogP contribution in [0.15, 0.2) is 53.5 Å². The van der Waals surface area contributed by atoms with Crippen molar-refractivity contribution in [3.05, 3.63) is 63.9 Å². The minimum Gasteiger partial charge on any atom is -0.241 e. The summed E-state index contributed by atoms with van der Waals surface area (Å²) >= 11 is 7.49. The van der Waals surface area contributed by atoms with Crippen LogP contribution in [0.3, 0.4) is 0 Å². The van der Waals surface area contributed by atoms with E-state index in [1.807, 2.05) is 48.1 Å². The summed E-state index contributed by atoms with van der Waals surface area (Å²) in [6.45, 7) is 2.15. The predicted molar refractivity (Wildman–Crippen MR) is 92.6 cm³/mol. The number of nitrogens with zero attached hydrogens (tertiary/aromatic N) is 3. The van der Waals surface area contributed by atoms with Crippen LogP contribution >= 0.6 is 22.9 Å². The molecule has 22 heavy (non-hydrogen) atoms. The zero-order valence-corrected chi connectivity index (χ0v) is 14.0. The summed E-state index contributed by atoms with van der Waals surface area (Å²) in [5.74, 6) is 0. The molecule has 0 spiro atoms. The van der Waals surface area contributed by atoms with Crippen molar-refractivity contribution in [2.75, 3.05) is 0 Å². The molecular formula is C17H16ClN3S. The van der Waals surface area contributed by atoms with Gasteiger partial charge >= 0.3 is 0 Å². The second-order valence-corrected chi connectivity index (χ2v) is 6.34. The van der Waals surface area contributed by atoms with Crippen LogP contribution in [0.2, 0.25) is 5.02 Å². The first kappa shape index (κ1) is 15.0. The fourth-order valence-corrected chi connectivity index (χ4v) is 3.11. The monoisotopic (exact) mass is 329 g/mol. The lowest BCUT2D eigenvalue weighted by molar-refractivity contribution is 0.732. The zero-order chi connectivity index (χ0) is 15.5. The molecule has 3 rings (SSSR count). The standard InChI is InChI=1S/C17H16ClN3S/c1-3-12-4-10-15(11-5-12)19-17-21(2)20-16(22-17)13-6-8-14(18)9-7-13/h4-11H,3H2,1-2H3/b19-17+. The van der Waals surface area contributed by atoms with Gasteiger partial charge < -0.3 is 0 Å². The van der Waals surface area contributed by atoms with Gasteiger partial charge in [-0.3, -0.25) is 0 Å². The molecule has 1 heterocycles. The molecule has 1 aromatic heterocycles. The third-order valence-corrected chi connectivity index (χ3v) is 4.67. The van der Waals surface area contributed by atoms with Gasteiger partial charge in [-0.2, -0.15) is 5.10 Å². The van der Waals surface area contributed by atoms with Gasteiger partial charge in [-0.05, 0) is 36.2 Å². The molecule has 0 fully saturated rings. The third-order valence-electron chi connectivity index (χ3n) is 3.37. The van der Waals surface area contributed by atoms with E-state index in [1.54, 1.807) is 11.3 Å². The molecule has 0 aliphatic heterocycles. The Kier molecular flexibility index (Phi) is 4.41. The Bertz CT molecular complexity index is 830. The van der Waals surface area contributed by atoms with E-state index in [2.05, 4.69) is 29.1 Å². The molecule has 2 aromatic carbocycles. The first-order valence-corrected chi connectivity index (χ1v) is 8.29. The van der Waals surface area contributed by atoms with Crippen molar-refractivity contribution < 1.29 is 0 Å². The summed E-state index contributed by atoms with van der Waals surface area (Å²) < 4.78 is 1.81. The lowest BCUT2D eigenvalue weighted by Crippen LogP contribution is -2.10. The Balaban J connectivity index is 1.97. The molecule has 0 amide bonds. The summed E-state index contributed by atoms with van der Waals surface area (Å²) in [5, 5.41) is 6.20. The van der Waals surface area contributed by atoms with Crippen molar-refractivity contribution >= 4 is 28.6 Å². The number of halogens is 1. The number of hydrogen-bond acceptors (Lipinski definition) is 3. The molecule has 112 valence electrons. The Morgan fingerprint density at radius 1 is 1.09 bits per heavy atom. The molecule has 0 bridgehead atoms. The van der Waals surface area contributed by atoms with Gasteiger partial charge in [0.05, 0.1) is 5.69 Å². The average molecular weight is 330 g/mol. The molecule has 0 saturated heterocycles. The van der Waals surface area contributed by atoms with E-state index < -0.39 is 0 Å². The van der Waals surface area contributed by atoms with Crippen LogP contribution in [-0.4, -0.2) is 9.78 Å². The molecule has 0 unspecified atom stereocenters. The van der Waals surface area contributed by atoms with E-state index >= 15 is 0 Å². The number of benzene rings is 2. The fourth-order valence-electron chi connectivity index (χ4n) is 2.07. The van der Waals surface area contributed by atoms with Crippen molar-refractivity contribution in [1.82, 2.24) is 9.78 Å². The molecule has 0 saturated carbocycles. The minimum absolute atomic E-state index is 0.727. The second-order valence-electron chi connectivity index (χ2n) is 4.95. The maximum atomic E-state index is 5.93. The molecule has 0 N–H and O–H groups in total. The van der Waals surface area contributed by atoms with Crippen LogP contribution in [0, 0.1) is 0 Å². The summed E-state index contributed by atoms with van der Waals surface area (Å²) in [6, 6.07) is 16.0. The third kappa shape index (κ3) is 3.29. The summed E-state index contributed by atoms with van der Waals surface area (Å²) in [5.41, 5.74) is 3.31. The Morgan fingerprint density at radius 3 is 2.41 bits per heavy atom. The summed E-state index contributed by atoms with van der Waals surface area (Å²) in [4.78, 5) is 5.54. The van der Waals surface area contributed by atoms with Gasteiger partial charge in [-0.1, -0.05) is 54.1 Å². The van der Waals surface area contributed by atoms with E-state index in [9.17, 15) is 0 Å². The molecular weight excluding hydrogens is 314 g/mol. The van der Waals surface area contributed by atoms with Crippen LogP contribution in [0.1, 0.15) is 12.5 Å². The quantitative estimate of drug-likeness (QED) is 0.690. The van der Waals surface area contributed by atoms with Gasteiger partial charge in [-0.15, -0.1) is 0 Å². The van der Waals surface area contributed by atoms with Crippen LogP contribution in [0.5, 0.6) is 0 Å². The average Bonchev–Trinajstić information content (AvgIpc) is 2.90. The summed E-state index contributed by atoms with van der Waals surface area (Å²) in [6.07, 6.45) is 1.04. The van der Waals surface area contributed by atoms with Crippen molar-refractivity contribution in [2.45, 2.75) is 13.3 Å². The lowest BCUT2D eigenvalue weighted by Gasteiger charge is -1.96. The highest BCUT2D eigenvalue weighted by Gasteiger charge is 2.05. The predicted octanol–water partition coefficient (Wildman–Crippen LogP) is 4.60. The van der Waals surface area contributed by atoms with Gasteiger partial charge in [0.25, 0.3) is 0 Å². The SMILES string of the molecule is CCc1ccc(/N=c2/sc(-c3ccc(Cl)cc3)nn2C)cc1. The Morgan fingerprint density at radius 2 is 1.77 bits per heavy atom. The van der Waals surface area contributed by atoms with Gasteiger partial charge in [0, 0.05) is 17.6 Å². The summed E-state index contributed by atoms with van der Waals surface area (Å²) in [7, 11) is 1.91. The van der Waals surface area contributed by atoms with Crippen LogP contribution in [0.4, 0.5) is 5.69 Å². The van der Waals surface area contributed by atoms with Crippen LogP contribution in [-0.2, 0) is 13.5 Å². The highest BCUT2D eigenvalue weighted by molar-refractivity contribution is 7.12. The topological polar surface area (TPSA) is 30.2 Å². The van der Waals surface area contributed by atoms with E-state index in [4.69, 9.17) is 11.6 Å². The first-order chi connectivity index (χ1) is 10.7. The number of aromatic nitrogens is 2. The highest BCUT2D eigenvalue weighted by atomic mass is 35.5. The molecule has 0 aliphatic carbocycles. The van der Waals surface area contributed by atoms with Gasteiger partial charge in [0.2, 0.25) is 4.80 Å².